The van der Waals surface area contributed by atoms with E-state index in [1.54, 1.807) is 12.1 Å². The average molecular weight is 220 g/mol. The SMILES string of the molecule is COc1cc(N)ccc1C(=O)OC(C)C#N. The van der Waals surface area contributed by atoms with E-state index in [0.29, 0.717) is 11.4 Å². The van der Waals surface area contributed by atoms with Crippen molar-refractivity contribution in [2.75, 3.05) is 12.8 Å². The molecule has 5 heteroatoms. The molecule has 5 nitrogen and oxygen atoms in total. The summed E-state index contributed by atoms with van der Waals surface area (Å²) in [5, 5.41) is 8.52. The third-order valence-corrected chi connectivity index (χ3v) is 1.91. The van der Waals surface area contributed by atoms with Crippen molar-refractivity contribution >= 4 is 11.7 Å². The number of hydrogen-bond acceptors (Lipinski definition) is 5. The van der Waals surface area contributed by atoms with E-state index in [0.717, 1.165) is 0 Å². The molecule has 84 valence electrons. The molecule has 0 bridgehead atoms. The van der Waals surface area contributed by atoms with Gasteiger partial charge in [0.1, 0.15) is 17.4 Å². The van der Waals surface area contributed by atoms with Gasteiger partial charge in [-0.2, -0.15) is 5.26 Å². The van der Waals surface area contributed by atoms with Crippen LogP contribution in [0.25, 0.3) is 0 Å². The lowest BCUT2D eigenvalue weighted by molar-refractivity contribution is 0.0432. The summed E-state index contributed by atoms with van der Waals surface area (Å²) in [7, 11) is 1.43. The van der Waals surface area contributed by atoms with Gasteiger partial charge in [-0.3, -0.25) is 0 Å². The molecule has 0 saturated carbocycles. The van der Waals surface area contributed by atoms with Crippen LogP contribution >= 0.6 is 0 Å². The van der Waals surface area contributed by atoms with Crippen molar-refractivity contribution in [1.29, 1.82) is 5.26 Å². The van der Waals surface area contributed by atoms with Gasteiger partial charge in [-0.1, -0.05) is 0 Å². The second-order valence-corrected chi connectivity index (χ2v) is 3.14. The molecule has 16 heavy (non-hydrogen) atoms. The van der Waals surface area contributed by atoms with Gasteiger partial charge in [-0.25, -0.2) is 4.79 Å². The first-order valence-corrected chi connectivity index (χ1v) is 4.62. The molecule has 1 rings (SSSR count). The number of anilines is 1. The van der Waals surface area contributed by atoms with Crippen LogP contribution in [0.4, 0.5) is 5.69 Å². The van der Waals surface area contributed by atoms with Gasteiger partial charge in [-0.15, -0.1) is 0 Å². The normalized spacial score (nSPS) is 11.3. The molecule has 0 fully saturated rings. The third-order valence-electron chi connectivity index (χ3n) is 1.91. The number of hydrogen-bond donors (Lipinski definition) is 1. The summed E-state index contributed by atoms with van der Waals surface area (Å²) >= 11 is 0. The Hall–Kier alpha value is -2.22. The van der Waals surface area contributed by atoms with Gasteiger partial charge in [-0.05, 0) is 19.1 Å². The fourth-order valence-electron chi connectivity index (χ4n) is 1.13. The van der Waals surface area contributed by atoms with Crippen LogP contribution in [0.5, 0.6) is 5.75 Å². The number of esters is 1. The number of ether oxygens (including phenoxy) is 2. The Balaban J connectivity index is 2.96. The average Bonchev–Trinajstić information content (AvgIpc) is 2.28. The minimum Gasteiger partial charge on any atom is -0.496 e. The second-order valence-electron chi connectivity index (χ2n) is 3.14. The molecule has 2 N–H and O–H groups in total. The number of nitrogens with zero attached hydrogens (tertiary/aromatic N) is 1. The Bertz CT molecular complexity index is 437. The zero-order chi connectivity index (χ0) is 12.1. The minimum atomic E-state index is -0.797. The Morgan fingerprint density at radius 1 is 1.56 bits per heavy atom. The molecule has 0 aliphatic rings. The van der Waals surface area contributed by atoms with Gasteiger partial charge in [0.25, 0.3) is 0 Å². The van der Waals surface area contributed by atoms with E-state index in [4.69, 9.17) is 20.5 Å². The predicted molar refractivity (Wildman–Crippen MR) is 57.9 cm³/mol. The monoisotopic (exact) mass is 220 g/mol. The predicted octanol–water partition coefficient (Wildman–Crippen LogP) is 1.35. The van der Waals surface area contributed by atoms with Crippen LogP contribution in [0.3, 0.4) is 0 Å². The molecular formula is C11H12N2O3. The quantitative estimate of drug-likeness (QED) is 0.613. The van der Waals surface area contributed by atoms with Crippen molar-refractivity contribution in [1.82, 2.24) is 0 Å². The van der Waals surface area contributed by atoms with Crippen LogP contribution in [0.2, 0.25) is 0 Å². The van der Waals surface area contributed by atoms with Crippen LogP contribution in [0.15, 0.2) is 18.2 Å². The topological polar surface area (TPSA) is 85.3 Å². The zero-order valence-corrected chi connectivity index (χ0v) is 9.06. The lowest BCUT2D eigenvalue weighted by Gasteiger charge is -2.10. The second kappa shape index (κ2) is 5.03. The molecule has 0 radical (unpaired) electrons. The largest absolute Gasteiger partial charge is 0.496 e. The lowest BCUT2D eigenvalue weighted by Crippen LogP contribution is -2.14. The summed E-state index contributed by atoms with van der Waals surface area (Å²) in [6.45, 7) is 1.49. The fourth-order valence-corrected chi connectivity index (χ4v) is 1.13. The maximum atomic E-state index is 11.6. The van der Waals surface area contributed by atoms with Crippen molar-refractivity contribution in [3.63, 3.8) is 0 Å². The molecule has 0 spiro atoms. The van der Waals surface area contributed by atoms with E-state index in [-0.39, 0.29) is 5.56 Å². The molecule has 0 aliphatic carbocycles. The molecule has 0 aromatic heterocycles. The lowest BCUT2D eigenvalue weighted by atomic mass is 10.2. The van der Waals surface area contributed by atoms with Gasteiger partial charge in [0.2, 0.25) is 0 Å². The fraction of sp³-hybridized carbons (Fsp3) is 0.273. The molecule has 1 aromatic carbocycles. The van der Waals surface area contributed by atoms with Crippen molar-refractivity contribution in [3.05, 3.63) is 23.8 Å². The van der Waals surface area contributed by atoms with Gasteiger partial charge >= 0.3 is 5.97 Å². The van der Waals surface area contributed by atoms with Gasteiger partial charge in [0, 0.05) is 11.8 Å². The first kappa shape index (κ1) is 11.9. The van der Waals surface area contributed by atoms with E-state index in [1.165, 1.54) is 26.2 Å². The summed E-state index contributed by atoms with van der Waals surface area (Å²) in [5.41, 5.74) is 6.28. The van der Waals surface area contributed by atoms with Crippen molar-refractivity contribution in [2.45, 2.75) is 13.0 Å². The smallest absolute Gasteiger partial charge is 0.343 e. The molecule has 0 amide bonds. The van der Waals surface area contributed by atoms with Gasteiger partial charge in [0.15, 0.2) is 6.10 Å². The molecule has 1 atom stereocenters. The molecule has 0 heterocycles. The summed E-state index contributed by atoms with van der Waals surface area (Å²) in [4.78, 5) is 11.6. The van der Waals surface area contributed by atoms with Crippen molar-refractivity contribution < 1.29 is 14.3 Å². The highest BCUT2D eigenvalue weighted by Crippen LogP contribution is 2.22. The van der Waals surface area contributed by atoms with Gasteiger partial charge < -0.3 is 15.2 Å². The van der Waals surface area contributed by atoms with E-state index in [2.05, 4.69) is 0 Å². The van der Waals surface area contributed by atoms with Crippen molar-refractivity contribution in [3.8, 4) is 11.8 Å². The molecule has 1 unspecified atom stereocenters. The van der Waals surface area contributed by atoms with Crippen LogP contribution in [0, 0.1) is 11.3 Å². The van der Waals surface area contributed by atoms with E-state index in [9.17, 15) is 4.79 Å². The maximum absolute atomic E-state index is 11.6. The van der Waals surface area contributed by atoms with Crippen molar-refractivity contribution in [2.24, 2.45) is 0 Å². The van der Waals surface area contributed by atoms with Crippen LogP contribution in [-0.4, -0.2) is 19.2 Å². The summed E-state index contributed by atoms with van der Waals surface area (Å²) in [5.74, 6) is -0.277. The highest BCUT2D eigenvalue weighted by atomic mass is 16.5. The minimum absolute atomic E-state index is 0.249. The summed E-state index contributed by atoms with van der Waals surface area (Å²) < 4.78 is 9.85. The number of nitriles is 1. The maximum Gasteiger partial charge on any atom is 0.343 e. The van der Waals surface area contributed by atoms with E-state index >= 15 is 0 Å². The number of rotatable bonds is 3. The number of carbonyl (C=O) groups excluding carboxylic acids is 1. The Kier molecular flexibility index (Phi) is 3.72. The molecule has 0 aliphatic heterocycles. The Labute approximate surface area is 93.4 Å². The van der Waals surface area contributed by atoms with Crippen LogP contribution in [-0.2, 0) is 4.74 Å². The van der Waals surface area contributed by atoms with Crippen LogP contribution in [0.1, 0.15) is 17.3 Å². The third kappa shape index (κ3) is 2.64. The Morgan fingerprint density at radius 3 is 2.81 bits per heavy atom. The Morgan fingerprint density at radius 2 is 2.25 bits per heavy atom. The number of nitrogens with two attached hydrogens (primary N) is 1. The number of benzene rings is 1. The van der Waals surface area contributed by atoms with Crippen LogP contribution < -0.4 is 10.5 Å². The van der Waals surface area contributed by atoms with Gasteiger partial charge in [0.05, 0.1) is 7.11 Å². The molecule has 1 aromatic rings. The number of methoxy groups -OCH3 is 1. The summed E-state index contributed by atoms with van der Waals surface area (Å²) in [6.07, 6.45) is -0.797. The first-order chi connectivity index (χ1) is 7.58. The highest BCUT2D eigenvalue weighted by Gasteiger charge is 2.16. The zero-order valence-electron chi connectivity index (χ0n) is 9.06. The summed E-state index contributed by atoms with van der Waals surface area (Å²) in [6, 6.07) is 6.39. The molecular weight excluding hydrogens is 208 g/mol. The standard InChI is InChI=1S/C11H12N2O3/c1-7(6-12)16-11(14)9-4-3-8(13)5-10(9)15-2/h3-5,7H,13H2,1-2H3. The highest BCUT2D eigenvalue weighted by molar-refractivity contribution is 5.93. The molecule has 0 saturated heterocycles. The van der Waals surface area contributed by atoms with E-state index < -0.39 is 12.1 Å². The first-order valence-electron chi connectivity index (χ1n) is 4.62. The van der Waals surface area contributed by atoms with E-state index in [1.807, 2.05) is 0 Å². The number of nitrogen functional groups attached to an aromatic ring is 1. The number of carbonyl (C=O) groups is 1.